The normalized spacial score (nSPS) is 11.0. The summed E-state index contributed by atoms with van der Waals surface area (Å²) < 4.78 is 4.74. The molecule has 0 aromatic heterocycles. The van der Waals surface area contributed by atoms with Gasteiger partial charge in [-0.1, -0.05) is 17.3 Å². The largest absolute Gasteiger partial charge is 0.466 e. The van der Waals surface area contributed by atoms with Gasteiger partial charge in [0.25, 0.3) is 0 Å². The molecule has 0 bridgehead atoms. The van der Waals surface area contributed by atoms with Crippen LogP contribution in [0.4, 0.5) is 5.69 Å². The Balaban J connectivity index is 2.48. The predicted octanol–water partition coefficient (Wildman–Crippen LogP) is 2.17. The minimum absolute atomic E-state index is 0.0635. The maximum Gasteiger partial charge on any atom is 0.306 e. The molecule has 0 heterocycles. The zero-order valence-electron chi connectivity index (χ0n) is 11.5. The van der Waals surface area contributed by atoms with Crippen molar-refractivity contribution in [2.24, 2.45) is 5.16 Å². The van der Waals surface area contributed by atoms with Crippen molar-refractivity contribution in [3.63, 3.8) is 0 Å². The summed E-state index contributed by atoms with van der Waals surface area (Å²) >= 11 is 0. The lowest BCUT2D eigenvalue weighted by atomic mass is 10.1. The Morgan fingerprint density at radius 1 is 1.25 bits per heavy atom. The summed E-state index contributed by atoms with van der Waals surface area (Å²) in [7, 11) is 0. The lowest BCUT2D eigenvalue weighted by Gasteiger charge is -2.06. The fraction of sp³-hybridized carbons (Fsp3) is 0.357. The van der Waals surface area contributed by atoms with Gasteiger partial charge >= 0.3 is 5.97 Å². The summed E-state index contributed by atoms with van der Waals surface area (Å²) in [5, 5.41) is 14.4. The fourth-order valence-corrected chi connectivity index (χ4v) is 1.52. The highest BCUT2D eigenvalue weighted by Crippen LogP contribution is 2.11. The number of hydrogen-bond acceptors (Lipinski definition) is 5. The molecule has 0 radical (unpaired) electrons. The first-order valence-corrected chi connectivity index (χ1v) is 6.31. The van der Waals surface area contributed by atoms with Crippen LogP contribution < -0.4 is 5.32 Å². The highest BCUT2D eigenvalue weighted by molar-refractivity contribution is 5.99. The van der Waals surface area contributed by atoms with Gasteiger partial charge in [0.15, 0.2) is 0 Å². The summed E-state index contributed by atoms with van der Waals surface area (Å²) in [4.78, 5) is 22.7. The molecular weight excluding hydrogens is 260 g/mol. The van der Waals surface area contributed by atoms with Crippen molar-refractivity contribution in [3.8, 4) is 0 Å². The lowest BCUT2D eigenvalue weighted by molar-refractivity contribution is -0.144. The van der Waals surface area contributed by atoms with Crippen molar-refractivity contribution in [2.75, 3.05) is 11.9 Å². The van der Waals surface area contributed by atoms with E-state index in [0.29, 0.717) is 18.0 Å². The number of anilines is 1. The van der Waals surface area contributed by atoms with Crippen LogP contribution in [0.1, 0.15) is 32.3 Å². The molecule has 0 saturated carbocycles. The van der Waals surface area contributed by atoms with Crippen LogP contribution in [0.25, 0.3) is 0 Å². The number of carbonyl (C=O) groups is 2. The molecule has 1 aromatic rings. The molecule has 6 nitrogen and oxygen atoms in total. The van der Waals surface area contributed by atoms with E-state index in [0.717, 1.165) is 5.56 Å². The van der Waals surface area contributed by atoms with E-state index in [2.05, 4.69) is 10.5 Å². The van der Waals surface area contributed by atoms with E-state index in [-0.39, 0.29) is 24.7 Å². The molecule has 0 spiro atoms. The summed E-state index contributed by atoms with van der Waals surface area (Å²) in [6.07, 6.45) is 0.145. The molecule has 6 heteroatoms. The summed E-state index contributed by atoms with van der Waals surface area (Å²) in [6, 6.07) is 6.87. The van der Waals surface area contributed by atoms with Crippen LogP contribution >= 0.6 is 0 Å². The maximum atomic E-state index is 11.6. The van der Waals surface area contributed by atoms with Gasteiger partial charge in [0.1, 0.15) is 0 Å². The summed E-state index contributed by atoms with van der Waals surface area (Å²) in [6.45, 7) is 3.71. The highest BCUT2D eigenvalue weighted by atomic mass is 16.5. The Kier molecular flexibility index (Phi) is 6.22. The van der Waals surface area contributed by atoms with Crippen molar-refractivity contribution < 1.29 is 19.5 Å². The molecule has 108 valence electrons. The molecule has 1 rings (SSSR count). The average Bonchev–Trinajstić information content (AvgIpc) is 2.45. The summed E-state index contributed by atoms with van der Waals surface area (Å²) in [5.74, 6) is -0.633. The SMILES string of the molecule is CCOC(=O)CCC(=O)Nc1ccc(C(C)=NO)cc1. The van der Waals surface area contributed by atoms with E-state index >= 15 is 0 Å². The fourth-order valence-electron chi connectivity index (χ4n) is 1.52. The first-order chi connectivity index (χ1) is 9.56. The number of nitrogens with one attached hydrogen (secondary N) is 1. The Bertz CT molecular complexity index is 494. The molecule has 0 unspecified atom stereocenters. The van der Waals surface area contributed by atoms with Gasteiger partial charge in [0.2, 0.25) is 5.91 Å². The zero-order valence-corrected chi connectivity index (χ0v) is 11.5. The third kappa shape index (κ3) is 5.09. The molecule has 0 saturated heterocycles. The second-order valence-corrected chi connectivity index (χ2v) is 4.12. The third-order valence-corrected chi connectivity index (χ3v) is 2.60. The second-order valence-electron chi connectivity index (χ2n) is 4.12. The Hall–Kier alpha value is -2.37. The smallest absolute Gasteiger partial charge is 0.306 e. The average molecular weight is 278 g/mol. The number of rotatable bonds is 6. The number of carbonyl (C=O) groups excluding carboxylic acids is 2. The minimum Gasteiger partial charge on any atom is -0.466 e. The van der Waals surface area contributed by atoms with Crippen LogP contribution in [-0.4, -0.2) is 29.4 Å². The molecule has 0 aliphatic heterocycles. The van der Waals surface area contributed by atoms with Gasteiger partial charge in [-0.2, -0.15) is 0 Å². The molecule has 2 N–H and O–H groups in total. The van der Waals surface area contributed by atoms with Crippen molar-refractivity contribution >= 4 is 23.3 Å². The second kappa shape index (κ2) is 7.93. The Morgan fingerprint density at radius 3 is 2.45 bits per heavy atom. The van der Waals surface area contributed by atoms with Crippen molar-refractivity contribution in [2.45, 2.75) is 26.7 Å². The van der Waals surface area contributed by atoms with Crippen LogP contribution in [0.15, 0.2) is 29.4 Å². The lowest BCUT2D eigenvalue weighted by Crippen LogP contribution is -2.14. The predicted molar refractivity (Wildman–Crippen MR) is 74.9 cm³/mol. The standard InChI is InChI=1S/C14H18N2O4/c1-3-20-14(18)9-8-13(17)15-12-6-4-11(5-7-12)10(2)16-19/h4-7,19H,3,8-9H2,1-2H3,(H,15,17). The van der Waals surface area contributed by atoms with Crippen molar-refractivity contribution in [1.82, 2.24) is 0 Å². The number of hydrogen-bond donors (Lipinski definition) is 2. The van der Waals surface area contributed by atoms with E-state index in [1.54, 1.807) is 38.1 Å². The number of ether oxygens (including phenoxy) is 1. The van der Waals surface area contributed by atoms with Crippen molar-refractivity contribution in [3.05, 3.63) is 29.8 Å². The van der Waals surface area contributed by atoms with E-state index < -0.39 is 0 Å². The Labute approximate surface area is 117 Å². The molecule has 1 aromatic carbocycles. The van der Waals surface area contributed by atoms with E-state index in [9.17, 15) is 9.59 Å². The maximum absolute atomic E-state index is 11.6. The molecule has 0 atom stereocenters. The number of amides is 1. The number of benzene rings is 1. The number of oxime groups is 1. The molecule has 0 aliphatic rings. The van der Waals surface area contributed by atoms with Crippen LogP contribution in [0, 0.1) is 0 Å². The van der Waals surface area contributed by atoms with E-state index in [4.69, 9.17) is 9.94 Å². The minimum atomic E-state index is -0.382. The number of nitrogens with zero attached hydrogens (tertiary/aromatic N) is 1. The first kappa shape index (κ1) is 15.7. The molecule has 20 heavy (non-hydrogen) atoms. The van der Waals surface area contributed by atoms with Gasteiger partial charge in [0.05, 0.1) is 18.7 Å². The van der Waals surface area contributed by atoms with Gasteiger partial charge in [0, 0.05) is 12.1 Å². The number of esters is 1. The van der Waals surface area contributed by atoms with Crippen LogP contribution in [-0.2, 0) is 14.3 Å². The third-order valence-electron chi connectivity index (χ3n) is 2.60. The molecule has 0 fully saturated rings. The van der Waals surface area contributed by atoms with Gasteiger partial charge < -0.3 is 15.3 Å². The molecule has 1 amide bonds. The van der Waals surface area contributed by atoms with Gasteiger partial charge in [-0.3, -0.25) is 9.59 Å². The summed E-state index contributed by atoms with van der Waals surface area (Å²) in [5.41, 5.74) is 1.87. The Morgan fingerprint density at radius 2 is 1.90 bits per heavy atom. The van der Waals surface area contributed by atoms with Gasteiger partial charge in [-0.25, -0.2) is 0 Å². The van der Waals surface area contributed by atoms with Crippen molar-refractivity contribution in [1.29, 1.82) is 0 Å². The van der Waals surface area contributed by atoms with Gasteiger partial charge in [-0.15, -0.1) is 0 Å². The first-order valence-electron chi connectivity index (χ1n) is 6.31. The van der Waals surface area contributed by atoms with E-state index in [1.807, 2.05) is 0 Å². The van der Waals surface area contributed by atoms with Gasteiger partial charge in [-0.05, 0) is 31.5 Å². The molecular formula is C14H18N2O4. The topological polar surface area (TPSA) is 88.0 Å². The van der Waals surface area contributed by atoms with Crippen LogP contribution in [0.3, 0.4) is 0 Å². The quantitative estimate of drug-likeness (QED) is 0.361. The van der Waals surface area contributed by atoms with Crippen LogP contribution in [0.2, 0.25) is 0 Å². The van der Waals surface area contributed by atoms with Crippen LogP contribution in [0.5, 0.6) is 0 Å². The molecule has 0 aliphatic carbocycles. The zero-order chi connectivity index (χ0) is 15.0. The highest BCUT2D eigenvalue weighted by Gasteiger charge is 2.08. The van der Waals surface area contributed by atoms with E-state index in [1.165, 1.54) is 0 Å². The monoisotopic (exact) mass is 278 g/mol.